The van der Waals surface area contributed by atoms with E-state index in [-0.39, 0.29) is 12.1 Å². The smallest absolute Gasteiger partial charge is 0.306 e. The fourth-order valence-electron chi connectivity index (χ4n) is 11.1. The van der Waals surface area contributed by atoms with E-state index >= 15 is 0 Å². The van der Waals surface area contributed by atoms with E-state index in [9.17, 15) is 4.79 Å². The van der Waals surface area contributed by atoms with Crippen LogP contribution in [0.4, 0.5) is 0 Å². The Labute approximate surface area is 281 Å². The summed E-state index contributed by atoms with van der Waals surface area (Å²) in [6, 6.07) is 0. The van der Waals surface area contributed by atoms with Crippen molar-refractivity contribution < 1.29 is 9.53 Å². The van der Waals surface area contributed by atoms with Gasteiger partial charge in [0.25, 0.3) is 0 Å². The zero-order valence-electron chi connectivity index (χ0n) is 31.1. The molecule has 0 aromatic carbocycles. The Hall–Kier alpha value is -0.790. The second kappa shape index (κ2) is 18.1. The number of carbonyl (C=O) groups excluding carboxylic acids is 1. The van der Waals surface area contributed by atoms with Gasteiger partial charge < -0.3 is 4.74 Å². The van der Waals surface area contributed by atoms with Crippen molar-refractivity contribution in [3.8, 4) is 0 Å². The molecular weight excluding hydrogens is 548 g/mol. The first kappa shape index (κ1) is 37.0. The number of allylic oxidation sites excluding steroid dienone is 2. The number of rotatable bonds is 20. The molecule has 0 saturated heterocycles. The molecule has 0 aromatic heterocycles. The van der Waals surface area contributed by atoms with Crippen molar-refractivity contribution in [2.75, 3.05) is 0 Å². The normalized spacial score (nSPS) is 33.3. The average Bonchev–Trinajstić information content (AvgIpc) is 3.37. The molecule has 8 atom stereocenters. The van der Waals surface area contributed by atoms with Crippen LogP contribution in [0.3, 0.4) is 0 Å². The van der Waals surface area contributed by atoms with Gasteiger partial charge in [0.2, 0.25) is 0 Å². The topological polar surface area (TPSA) is 26.3 Å². The summed E-state index contributed by atoms with van der Waals surface area (Å²) in [5.74, 6) is 4.97. The lowest BCUT2D eigenvalue weighted by Crippen LogP contribution is -2.50. The van der Waals surface area contributed by atoms with Gasteiger partial charge in [-0.15, -0.1) is 0 Å². The molecule has 2 nitrogen and oxygen atoms in total. The zero-order chi connectivity index (χ0) is 32.3. The maximum Gasteiger partial charge on any atom is 0.306 e. The highest BCUT2D eigenvalue weighted by molar-refractivity contribution is 5.69. The lowest BCUT2D eigenvalue weighted by Gasteiger charge is -2.58. The summed E-state index contributed by atoms with van der Waals surface area (Å²) in [5, 5.41) is 0. The quantitative estimate of drug-likeness (QED) is 0.0765. The highest BCUT2D eigenvalue weighted by Gasteiger charge is 2.58. The Morgan fingerprint density at radius 1 is 0.756 bits per heavy atom. The summed E-state index contributed by atoms with van der Waals surface area (Å²) < 4.78 is 6.14. The van der Waals surface area contributed by atoms with E-state index in [1.807, 2.05) is 5.57 Å². The third-order valence-electron chi connectivity index (χ3n) is 14.0. The summed E-state index contributed by atoms with van der Waals surface area (Å²) in [6.07, 6.45) is 35.5. The van der Waals surface area contributed by atoms with Crippen molar-refractivity contribution in [3.05, 3.63) is 11.6 Å². The number of hydrogen-bond acceptors (Lipinski definition) is 2. The molecule has 0 radical (unpaired) electrons. The second-order valence-corrected chi connectivity index (χ2v) is 17.7. The fraction of sp³-hybridized carbons (Fsp3) is 0.930. The molecular formula is C43H76O2. The van der Waals surface area contributed by atoms with Gasteiger partial charge in [0, 0.05) is 6.42 Å². The van der Waals surface area contributed by atoms with Crippen LogP contribution in [0.2, 0.25) is 0 Å². The Morgan fingerprint density at radius 2 is 1.36 bits per heavy atom. The Morgan fingerprint density at radius 3 is 2.00 bits per heavy atom. The molecule has 4 rings (SSSR count). The molecule has 0 amide bonds. The van der Waals surface area contributed by atoms with Crippen LogP contribution in [-0.2, 0) is 9.53 Å². The van der Waals surface area contributed by atoms with Crippen LogP contribution in [0.25, 0.3) is 0 Å². The van der Waals surface area contributed by atoms with Crippen molar-refractivity contribution in [1.82, 2.24) is 0 Å². The number of carbonyl (C=O) groups is 1. The highest BCUT2D eigenvalue weighted by Crippen LogP contribution is 2.67. The van der Waals surface area contributed by atoms with E-state index in [0.29, 0.717) is 23.2 Å². The Kier molecular flexibility index (Phi) is 14.9. The number of esters is 1. The molecule has 0 spiro atoms. The monoisotopic (exact) mass is 625 g/mol. The predicted octanol–water partition coefficient (Wildman–Crippen LogP) is 13.4. The number of ether oxygens (including phenoxy) is 1. The standard InChI is InChI=1S/C43H76O2/c1-7-8-9-10-11-12-13-14-15-16-17-18-19-23-41(44)45-36-28-30-42(5)35(32-36)24-25-37-39-27-26-38(34(4)22-20-21-33(2)3)43(39,6)31-29-40(37)42/h25,33-36,38-40H,7-24,26-32H2,1-6H3/t34-,35?,36+,38-,39+,40+,42+,43-/m1/s1. The lowest BCUT2D eigenvalue weighted by molar-refractivity contribution is -0.155. The van der Waals surface area contributed by atoms with Crippen LogP contribution in [-0.4, -0.2) is 12.1 Å². The van der Waals surface area contributed by atoms with Crippen molar-refractivity contribution in [1.29, 1.82) is 0 Å². The summed E-state index contributed by atoms with van der Waals surface area (Å²) in [6.45, 7) is 14.9. The molecule has 0 aromatic rings. The molecule has 0 N–H and O–H groups in total. The number of hydrogen-bond donors (Lipinski definition) is 0. The largest absolute Gasteiger partial charge is 0.462 e. The van der Waals surface area contributed by atoms with E-state index in [4.69, 9.17) is 4.74 Å². The van der Waals surface area contributed by atoms with Gasteiger partial charge in [-0.25, -0.2) is 0 Å². The molecule has 0 bridgehead atoms. The van der Waals surface area contributed by atoms with Crippen LogP contribution >= 0.6 is 0 Å². The van der Waals surface area contributed by atoms with Gasteiger partial charge in [-0.1, -0.05) is 150 Å². The summed E-state index contributed by atoms with van der Waals surface area (Å²) in [5.41, 5.74) is 2.80. The highest BCUT2D eigenvalue weighted by atomic mass is 16.5. The van der Waals surface area contributed by atoms with E-state index in [2.05, 4.69) is 47.6 Å². The third-order valence-corrected chi connectivity index (χ3v) is 14.0. The molecule has 0 aliphatic heterocycles. The van der Waals surface area contributed by atoms with Crippen LogP contribution in [0.15, 0.2) is 11.6 Å². The fourth-order valence-corrected chi connectivity index (χ4v) is 11.1. The molecule has 45 heavy (non-hydrogen) atoms. The molecule has 2 heteroatoms. The first-order valence-corrected chi connectivity index (χ1v) is 20.6. The molecule has 260 valence electrons. The second-order valence-electron chi connectivity index (χ2n) is 17.7. The van der Waals surface area contributed by atoms with Gasteiger partial charge in [-0.2, -0.15) is 0 Å². The van der Waals surface area contributed by atoms with Gasteiger partial charge in [0.05, 0.1) is 0 Å². The molecule has 3 saturated carbocycles. The van der Waals surface area contributed by atoms with Crippen LogP contribution in [0, 0.1) is 46.3 Å². The van der Waals surface area contributed by atoms with Gasteiger partial charge in [-0.05, 0) is 104 Å². The number of fused-ring (bicyclic) bond motifs is 5. The zero-order valence-corrected chi connectivity index (χ0v) is 31.1. The van der Waals surface area contributed by atoms with Crippen molar-refractivity contribution in [2.45, 2.75) is 208 Å². The number of unbranched alkanes of at least 4 members (excludes halogenated alkanes) is 12. The Balaban J connectivity index is 1.14. The van der Waals surface area contributed by atoms with Crippen LogP contribution in [0.5, 0.6) is 0 Å². The van der Waals surface area contributed by atoms with E-state index in [1.54, 1.807) is 0 Å². The lowest BCUT2D eigenvalue weighted by atomic mass is 9.47. The van der Waals surface area contributed by atoms with Gasteiger partial charge >= 0.3 is 5.97 Å². The summed E-state index contributed by atoms with van der Waals surface area (Å²) in [7, 11) is 0. The van der Waals surface area contributed by atoms with E-state index in [1.165, 1.54) is 135 Å². The van der Waals surface area contributed by atoms with Gasteiger partial charge in [-0.3, -0.25) is 4.79 Å². The van der Waals surface area contributed by atoms with E-state index < -0.39 is 0 Å². The predicted molar refractivity (Wildman–Crippen MR) is 193 cm³/mol. The van der Waals surface area contributed by atoms with Crippen molar-refractivity contribution >= 4 is 5.97 Å². The maximum atomic E-state index is 12.8. The molecule has 4 aliphatic rings. The summed E-state index contributed by atoms with van der Waals surface area (Å²) >= 11 is 0. The molecule has 3 fully saturated rings. The SMILES string of the molecule is CCCCCCCCCCCCCCCC(=O)O[C@H]1CC[C@@]2(C)C(CC=C3[C@@H]4CC[C@H]([C@H](C)CCCC(C)C)[C@@]4(C)CC[C@@H]32)C1. The molecule has 0 heterocycles. The first-order chi connectivity index (χ1) is 21.7. The minimum atomic E-state index is 0.0756. The third kappa shape index (κ3) is 9.87. The van der Waals surface area contributed by atoms with Crippen molar-refractivity contribution in [3.63, 3.8) is 0 Å². The minimum Gasteiger partial charge on any atom is -0.462 e. The van der Waals surface area contributed by atoms with Crippen LogP contribution < -0.4 is 0 Å². The Bertz CT molecular complexity index is 904. The molecule has 1 unspecified atom stereocenters. The first-order valence-electron chi connectivity index (χ1n) is 20.6. The average molecular weight is 625 g/mol. The minimum absolute atomic E-state index is 0.0756. The van der Waals surface area contributed by atoms with E-state index in [0.717, 1.165) is 48.9 Å². The maximum absolute atomic E-state index is 12.8. The van der Waals surface area contributed by atoms with Crippen molar-refractivity contribution in [2.24, 2.45) is 46.3 Å². The van der Waals surface area contributed by atoms with Gasteiger partial charge in [0.15, 0.2) is 0 Å². The molecule has 4 aliphatic carbocycles. The van der Waals surface area contributed by atoms with Crippen LogP contribution in [0.1, 0.15) is 202 Å². The van der Waals surface area contributed by atoms with Gasteiger partial charge in [0.1, 0.15) is 6.10 Å². The summed E-state index contributed by atoms with van der Waals surface area (Å²) in [4.78, 5) is 12.8.